The minimum atomic E-state index is -2.83. The molecule has 0 amide bonds. The van der Waals surface area contributed by atoms with E-state index in [-0.39, 0.29) is 29.6 Å². The van der Waals surface area contributed by atoms with Crippen molar-refractivity contribution in [2.24, 2.45) is 11.3 Å². The Morgan fingerprint density at radius 1 is 1.53 bits per heavy atom. The van der Waals surface area contributed by atoms with Crippen molar-refractivity contribution < 1.29 is 19.3 Å². The van der Waals surface area contributed by atoms with Crippen LogP contribution in [0.25, 0.3) is 0 Å². The number of aliphatic hydroxyl groups is 1. The molecule has 2 N–H and O–H groups in total. The molecule has 0 aliphatic carbocycles. The standard InChI is InChI=1S/C12H23O4P/c1-8-12(2,3)11(13)10(16-8)9-5-4-6-17(14,15)7-9/h8-11,13H,4-7H2,1-3H3,(H,14,15)/t8-,9+,10+,11+/m0/s1/i13T/hT. The van der Waals surface area contributed by atoms with Crippen LogP contribution in [-0.2, 0) is 9.30 Å². The Morgan fingerprint density at radius 2 is 2.29 bits per heavy atom. The van der Waals surface area contributed by atoms with Crippen molar-refractivity contribution in [3.8, 4) is 0 Å². The highest BCUT2D eigenvalue weighted by Gasteiger charge is 2.51. The summed E-state index contributed by atoms with van der Waals surface area (Å²) in [5.74, 6) is 0.0458. The van der Waals surface area contributed by atoms with E-state index in [1.807, 2.05) is 20.8 Å². The fourth-order valence-electron chi connectivity index (χ4n) is 2.90. The Balaban J connectivity index is 2.15. The first-order valence-corrected chi connectivity index (χ1v) is 8.34. The van der Waals surface area contributed by atoms with Crippen LogP contribution in [0.3, 0.4) is 0 Å². The van der Waals surface area contributed by atoms with Gasteiger partial charge in [0.15, 0.2) is 0 Å². The van der Waals surface area contributed by atoms with Crippen molar-refractivity contribution in [2.45, 2.75) is 51.9 Å². The summed E-state index contributed by atoms with van der Waals surface area (Å²) < 4.78 is 32.5. The minimum absolute atomic E-state index is 0.00826. The fourth-order valence-corrected chi connectivity index (χ4v) is 4.85. The molecule has 2 heterocycles. The van der Waals surface area contributed by atoms with E-state index in [0.717, 1.165) is 12.8 Å². The van der Waals surface area contributed by atoms with Crippen LogP contribution in [-0.4, -0.2) is 43.5 Å². The Bertz CT molecular complexity index is 377. The minimum Gasteiger partial charge on any atom is -0.390 e. The first kappa shape index (κ1) is 11.0. The van der Waals surface area contributed by atoms with Crippen molar-refractivity contribution in [1.82, 2.24) is 0 Å². The Morgan fingerprint density at radius 3 is 2.94 bits per heavy atom. The van der Waals surface area contributed by atoms with Crippen LogP contribution in [0, 0.1) is 11.3 Å². The van der Waals surface area contributed by atoms with E-state index in [1.165, 1.54) is 0 Å². The van der Waals surface area contributed by atoms with Gasteiger partial charge in [-0.15, -0.1) is 0 Å². The maximum Gasteiger partial charge on any atom is 0.219 e. The van der Waals surface area contributed by atoms with E-state index in [4.69, 9.17) is 12.7 Å². The van der Waals surface area contributed by atoms with E-state index >= 15 is 0 Å². The molecule has 4 nitrogen and oxygen atoms in total. The van der Waals surface area contributed by atoms with Gasteiger partial charge >= 0.3 is 0 Å². The van der Waals surface area contributed by atoms with Gasteiger partial charge in [-0.2, -0.15) is 0 Å². The van der Waals surface area contributed by atoms with Gasteiger partial charge < -0.3 is 14.7 Å². The van der Waals surface area contributed by atoms with Crippen molar-refractivity contribution in [3.05, 3.63) is 0 Å². The lowest BCUT2D eigenvalue weighted by molar-refractivity contribution is -0.0189. The van der Waals surface area contributed by atoms with Crippen LogP contribution in [0.15, 0.2) is 0 Å². The summed E-state index contributed by atoms with van der Waals surface area (Å²) in [6.45, 7) is 6.04. The van der Waals surface area contributed by atoms with Gasteiger partial charge in [0.1, 0.15) is 0 Å². The third-order valence-corrected chi connectivity index (χ3v) is 6.51. The van der Waals surface area contributed by atoms with E-state index < -0.39 is 7.37 Å². The predicted octanol–water partition coefficient (Wildman–Crippen LogP) is 1.84. The molecule has 2 fully saturated rings. The highest BCUT2D eigenvalue weighted by Crippen LogP contribution is 2.52. The summed E-state index contributed by atoms with van der Waals surface area (Å²) in [6.07, 6.45) is 1.94. The quantitative estimate of drug-likeness (QED) is 0.765. The Labute approximate surface area is 106 Å². The molecule has 0 bridgehead atoms. The highest BCUT2D eigenvalue weighted by atomic mass is 31.2. The molecule has 2 aliphatic rings. The molecule has 100 valence electrons. The Hall–Kier alpha value is 0.110. The summed E-state index contributed by atoms with van der Waals surface area (Å²) in [5.41, 5.74) is -0.240. The Kier molecular flexibility index (Phi) is 2.80. The maximum absolute atomic E-state index is 12.3. The van der Waals surface area contributed by atoms with Gasteiger partial charge in [-0.25, -0.2) is 0 Å². The summed E-state index contributed by atoms with van der Waals surface area (Å²) in [4.78, 5) is 4.48. The number of hydrogen-bond acceptors (Lipinski definition) is 4. The van der Waals surface area contributed by atoms with Crippen molar-refractivity contribution in [2.75, 3.05) is 12.3 Å². The second-order valence-corrected chi connectivity index (χ2v) is 8.55. The van der Waals surface area contributed by atoms with Gasteiger partial charge in [-0.05, 0) is 25.7 Å². The van der Waals surface area contributed by atoms with E-state index in [9.17, 15) is 4.57 Å². The number of aliphatic hydroxyl groups excluding tert-OH is 1. The zero-order valence-corrected chi connectivity index (χ0v) is 11.6. The van der Waals surface area contributed by atoms with Crippen molar-refractivity contribution in [1.29, 1.82) is 2.86 Å². The lowest BCUT2D eigenvalue weighted by Gasteiger charge is -2.32. The molecule has 0 saturated carbocycles. The second-order valence-electron chi connectivity index (χ2n) is 6.11. The summed E-state index contributed by atoms with van der Waals surface area (Å²) in [6, 6.07) is 0. The predicted molar refractivity (Wildman–Crippen MR) is 66.4 cm³/mol. The molecule has 0 aromatic heterocycles. The molecule has 0 radical (unpaired) electrons. The average Bonchev–Trinajstić information content (AvgIpc) is 2.60. The first-order valence-electron chi connectivity index (χ1n) is 7.16. The van der Waals surface area contributed by atoms with Crippen LogP contribution in [0.1, 0.15) is 33.6 Å². The first-order chi connectivity index (χ1) is 8.84. The largest absolute Gasteiger partial charge is 0.390 e. The third kappa shape index (κ3) is 2.46. The molecule has 2 saturated heterocycles. The van der Waals surface area contributed by atoms with Crippen LogP contribution in [0.2, 0.25) is 0 Å². The van der Waals surface area contributed by atoms with Gasteiger partial charge in [0.25, 0.3) is 0 Å². The SMILES string of the molecule is [3H]O[C@@H]1[C@@H]([C@@H]2CCC[P@](=O)(O[3H])C2)O[C@@H](C)C1(C)C. The molecule has 17 heavy (non-hydrogen) atoms. The van der Waals surface area contributed by atoms with Gasteiger partial charge in [0.2, 0.25) is 10.2 Å². The van der Waals surface area contributed by atoms with E-state index in [2.05, 4.69) is 4.90 Å². The fraction of sp³-hybridized carbons (Fsp3) is 1.00. The summed E-state index contributed by atoms with van der Waals surface area (Å²) in [7, 11) is -2.83. The van der Waals surface area contributed by atoms with E-state index in [0.29, 0.717) is 12.3 Å². The smallest absolute Gasteiger partial charge is 0.219 e. The van der Waals surface area contributed by atoms with Gasteiger partial charge in [0.05, 0.1) is 18.3 Å². The number of ether oxygens (including phenoxy) is 1. The monoisotopic (exact) mass is 266 g/mol. The van der Waals surface area contributed by atoms with E-state index in [1.54, 1.807) is 0 Å². The van der Waals surface area contributed by atoms with Crippen LogP contribution >= 0.6 is 7.37 Å². The van der Waals surface area contributed by atoms with Crippen LogP contribution in [0.4, 0.5) is 0 Å². The molecule has 0 spiro atoms. The number of hydrogen-bond donors (Lipinski definition) is 2. The summed E-state index contributed by atoms with van der Waals surface area (Å²) >= 11 is 0. The van der Waals surface area contributed by atoms with Gasteiger partial charge in [0, 0.05) is 17.7 Å². The lowest BCUT2D eigenvalue weighted by Crippen LogP contribution is -2.40. The van der Waals surface area contributed by atoms with Gasteiger partial charge in [-0.1, -0.05) is 13.8 Å². The highest BCUT2D eigenvalue weighted by molar-refractivity contribution is 7.58. The lowest BCUT2D eigenvalue weighted by atomic mass is 9.79. The topological polar surface area (TPSA) is 66.8 Å². The van der Waals surface area contributed by atoms with Gasteiger partial charge in [-0.3, -0.25) is 4.57 Å². The number of rotatable bonds is 3. The maximum atomic E-state index is 12.3. The van der Waals surface area contributed by atoms with Crippen molar-refractivity contribution >= 4 is 7.37 Å². The van der Waals surface area contributed by atoms with Crippen molar-refractivity contribution in [3.63, 3.8) is 0 Å². The molecule has 0 unspecified atom stereocenters. The van der Waals surface area contributed by atoms with Crippen LogP contribution in [0.5, 0.6) is 0 Å². The second kappa shape index (κ2) is 4.34. The molecule has 0 aromatic carbocycles. The molecule has 5 atom stereocenters. The molecule has 2 aliphatic heterocycles. The molecular formula is C12H23O4P. The molecular weight excluding hydrogens is 239 g/mol. The van der Waals surface area contributed by atoms with Crippen LogP contribution < -0.4 is 0 Å². The zero-order valence-electron chi connectivity index (χ0n) is 12.7. The third-order valence-electron chi connectivity index (χ3n) is 4.49. The molecule has 5 heteroatoms. The molecule has 0 aromatic rings. The summed E-state index contributed by atoms with van der Waals surface area (Å²) in [5, 5.41) is 4.91. The average molecular weight is 266 g/mol. The molecule has 2 rings (SSSR count). The normalized spacial score (nSPS) is 51.9. The zero-order chi connectivity index (χ0) is 14.3.